The summed E-state index contributed by atoms with van der Waals surface area (Å²) in [7, 11) is 0. The van der Waals surface area contributed by atoms with Gasteiger partial charge >= 0.3 is 0 Å². The molecule has 1 heterocycles. The third-order valence-corrected chi connectivity index (χ3v) is 4.79. The molecule has 0 bridgehead atoms. The van der Waals surface area contributed by atoms with E-state index in [1.165, 1.54) is 16.9 Å². The minimum absolute atomic E-state index is 0.168. The van der Waals surface area contributed by atoms with Crippen LogP contribution in [0.2, 0.25) is 0 Å². The molecular formula is C21H22N2O2S. The molecule has 134 valence electrons. The summed E-state index contributed by atoms with van der Waals surface area (Å²) in [5.41, 5.74) is 2.66. The SMILES string of the molecule is CC(C)c1ccccc1OCc1nc(C(=O)NCc2ccccc2)cs1. The number of carbonyl (C=O) groups excluding carboxylic acids is 1. The van der Waals surface area contributed by atoms with Crippen molar-refractivity contribution in [2.24, 2.45) is 0 Å². The molecule has 0 unspecified atom stereocenters. The zero-order chi connectivity index (χ0) is 18.4. The standard InChI is InChI=1S/C21H22N2O2S/c1-15(2)17-10-6-7-11-19(17)25-13-20-23-18(14-26-20)21(24)22-12-16-8-4-3-5-9-16/h3-11,14-15H,12-13H2,1-2H3,(H,22,24). The second-order valence-corrected chi connectivity index (χ2v) is 7.22. The Kier molecular flexibility index (Phi) is 6.02. The molecule has 0 saturated heterocycles. The van der Waals surface area contributed by atoms with E-state index in [1.807, 2.05) is 48.5 Å². The molecule has 1 N–H and O–H groups in total. The Morgan fingerprint density at radius 1 is 1.12 bits per heavy atom. The number of nitrogens with zero attached hydrogens (tertiary/aromatic N) is 1. The smallest absolute Gasteiger partial charge is 0.271 e. The highest BCUT2D eigenvalue weighted by Gasteiger charge is 2.12. The number of thiazole rings is 1. The Morgan fingerprint density at radius 3 is 2.62 bits per heavy atom. The van der Waals surface area contributed by atoms with Crippen molar-refractivity contribution in [3.8, 4) is 5.75 Å². The summed E-state index contributed by atoms with van der Waals surface area (Å²) < 4.78 is 5.92. The molecule has 3 rings (SSSR count). The minimum Gasteiger partial charge on any atom is -0.486 e. The van der Waals surface area contributed by atoms with Crippen molar-refractivity contribution >= 4 is 17.2 Å². The van der Waals surface area contributed by atoms with Gasteiger partial charge in [0, 0.05) is 11.9 Å². The van der Waals surface area contributed by atoms with Gasteiger partial charge < -0.3 is 10.1 Å². The van der Waals surface area contributed by atoms with Crippen molar-refractivity contribution in [2.45, 2.75) is 32.9 Å². The zero-order valence-corrected chi connectivity index (χ0v) is 15.8. The van der Waals surface area contributed by atoms with Crippen molar-refractivity contribution in [3.05, 3.63) is 81.8 Å². The molecule has 0 aliphatic rings. The van der Waals surface area contributed by atoms with Crippen LogP contribution in [0.3, 0.4) is 0 Å². The van der Waals surface area contributed by atoms with E-state index < -0.39 is 0 Å². The second-order valence-electron chi connectivity index (χ2n) is 6.28. The van der Waals surface area contributed by atoms with Crippen molar-refractivity contribution in [3.63, 3.8) is 0 Å². The van der Waals surface area contributed by atoms with Crippen LogP contribution in [0.5, 0.6) is 5.75 Å². The van der Waals surface area contributed by atoms with Crippen molar-refractivity contribution in [1.82, 2.24) is 10.3 Å². The van der Waals surface area contributed by atoms with Gasteiger partial charge in [0.15, 0.2) is 0 Å². The number of ether oxygens (including phenoxy) is 1. The average molecular weight is 366 g/mol. The van der Waals surface area contributed by atoms with Gasteiger partial charge in [0.05, 0.1) is 0 Å². The lowest BCUT2D eigenvalue weighted by Crippen LogP contribution is -2.23. The normalized spacial score (nSPS) is 10.7. The van der Waals surface area contributed by atoms with Gasteiger partial charge in [-0.25, -0.2) is 4.98 Å². The van der Waals surface area contributed by atoms with E-state index in [4.69, 9.17) is 4.74 Å². The Morgan fingerprint density at radius 2 is 1.85 bits per heavy atom. The number of hydrogen-bond donors (Lipinski definition) is 1. The van der Waals surface area contributed by atoms with Crippen LogP contribution in [-0.2, 0) is 13.2 Å². The molecule has 2 aromatic carbocycles. The Hall–Kier alpha value is -2.66. The monoisotopic (exact) mass is 366 g/mol. The van der Waals surface area contributed by atoms with E-state index in [1.54, 1.807) is 5.38 Å². The Balaban J connectivity index is 1.57. The highest BCUT2D eigenvalue weighted by atomic mass is 32.1. The molecule has 0 fully saturated rings. The van der Waals surface area contributed by atoms with E-state index in [-0.39, 0.29) is 5.91 Å². The highest BCUT2D eigenvalue weighted by Crippen LogP contribution is 2.26. The van der Waals surface area contributed by atoms with Gasteiger partial charge in [0.25, 0.3) is 5.91 Å². The van der Waals surface area contributed by atoms with Crippen LogP contribution in [0.1, 0.15) is 46.4 Å². The molecule has 0 aliphatic heterocycles. The van der Waals surface area contributed by atoms with Gasteiger partial charge in [-0.15, -0.1) is 11.3 Å². The zero-order valence-electron chi connectivity index (χ0n) is 14.9. The second kappa shape index (κ2) is 8.63. The van der Waals surface area contributed by atoms with E-state index >= 15 is 0 Å². The lowest BCUT2D eigenvalue weighted by molar-refractivity contribution is 0.0946. The maximum Gasteiger partial charge on any atom is 0.271 e. The van der Waals surface area contributed by atoms with Gasteiger partial charge in [-0.3, -0.25) is 4.79 Å². The predicted molar refractivity (Wildman–Crippen MR) is 105 cm³/mol. The number of rotatable bonds is 7. The number of carbonyl (C=O) groups is 1. The number of nitrogens with one attached hydrogen (secondary N) is 1. The van der Waals surface area contributed by atoms with Crippen LogP contribution in [0, 0.1) is 0 Å². The minimum atomic E-state index is -0.168. The Labute approximate surface area is 157 Å². The number of benzene rings is 2. The summed E-state index contributed by atoms with van der Waals surface area (Å²) in [6.07, 6.45) is 0. The first-order valence-corrected chi connectivity index (χ1v) is 9.49. The molecule has 0 atom stereocenters. The van der Waals surface area contributed by atoms with Crippen molar-refractivity contribution in [1.29, 1.82) is 0 Å². The molecule has 0 spiro atoms. The molecule has 1 aromatic heterocycles. The van der Waals surface area contributed by atoms with Crippen LogP contribution < -0.4 is 10.1 Å². The van der Waals surface area contributed by atoms with Crippen molar-refractivity contribution in [2.75, 3.05) is 0 Å². The lowest BCUT2D eigenvalue weighted by atomic mass is 10.0. The molecule has 4 nitrogen and oxygen atoms in total. The highest BCUT2D eigenvalue weighted by molar-refractivity contribution is 7.09. The molecular weight excluding hydrogens is 344 g/mol. The van der Waals surface area contributed by atoms with Crippen LogP contribution in [0.4, 0.5) is 0 Å². The summed E-state index contributed by atoms with van der Waals surface area (Å²) in [5.74, 6) is 1.09. The molecule has 26 heavy (non-hydrogen) atoms. The van der Waals surface area contributed by atoms with Gasteiger partial charge in [-0.1, -0.05) is 62.4 Å². The molecule has 5 heteroatoms. The largest absolute Gasteiger partial charge is 0.486 e. The van der Waals surface area contributed by atoms with Crippen LogP contribution >= 0.6 is 11.3 Å². The van der Waals surface area contributed by atoms with Crippen molar-refractivity contribution < 1.29 is 9.53 Å². The third kappa shape index (κ3) is 4.70. The van der Waals surface area contributed by atoms with Gasteiger partial charge in [0.2, 0.25) is 0 Å². The summed E-state index contributed by atoms with van der Waals surface area (Å²) in [6.45, 7) is 5.13. The van der Waals surface area contributed by atoms with Crippen LogP contribution in [0.15, 0.2) is 60.0 Å². The fourth-order valence-corrected chi connectivity index (χ4v) is 3.26. The van der Waals surface area contributed by atoms with Gasteiger partial charge in [0.1, 0.15) is 23.1 Å². The summed E-state index contributed by atoms with van der Waals surface area (Å²) in [6, 6.07) is 17.8. The Bertz CT molecular complexity index is 859. The van der Waals surface area contributed by atoms with E-state index in [9.17, 15) is 4.79 Å². The fraction of sp³-hybridized carbons (Fsp3) is 0.238. The summed E-state index contributed by atoms with van der Waals surface area (Å²) in [5, 5.41) is 5.45. The fourth-order valence-electron chi connectivity index (χ4n) is 2.58. The van der Waals surface area contributed by atoms with Gasteiger partial charge in [-0.05, 0) is 23.1 Å². The third-order valence-electron chi connectivity index (χ3n) is 3.97. The van der Waals surface area contributed by atoms with E-state index in [0.29, 0.717) is 24.8 Å². The first-order valence-electron chi connectivity index (χ1n) is 8.61. The molecule has 0 aliphatic carbocycles. The van der Waals surface area contributed by atoms with E-state index in [0.717, 1.165) is 16.3 Å². The number of aromatic nitrogens is 1. The predicted octanol–water partition coefficient (Wildman–Crippen LogP) is 4.78. The first-order chi connectivity index (χ1) is 12.6. The first kappa shape index (κ1) is 18.1. The number of amides is 1. The van der Waals surface area contributed by atoms with Crippen LogP contribution in [0.25, 0.3) is 0 Å². The average Bonchev–Trinajstić information content (AvgIpc) is 3.14. The quantitative estimate of drug-likeness (QED) is 0.655. The van der Waals surface area contributed by atoms with Crippen LogP contribution in [-0.4, -0.2) is 10.9 Å². The van der Waals surface area contributed by atoms with Gasteiger partial charge in [-0.2, -0.15) is 0 Å². The summed E-state index contributed by atoms with van der Waals surface area (Å²) >= 11 is 1.44. The molecule has 1 amide bonds. The summed E-state index contributed by atoms with van der Waals surface area (Å²) in [4.78, 5) is 16.6. The molecule has 0 radical (unpaired) electrons. The molecule has 3 aromatic rings. The maximum atomic E-state index is 12.2. The molecule has 0 saturated carbocycles. The van der Waals surface area contributed by atoms with E-state index in [2.05, 4.69) is 30.2 Å². The topological polar surface area (TPSA) is 51.2 Å². The number of para-hydroxylation sites is 1. The number of hydrogen-bond acceptors (Lipinski definition) is 4. The lowest BCUT2D eigenvalue weighted by Gasteiger charge is -2.12. The maximum absolute atomic E-state index is 12.2.